The lowest BCUT2D eigenvalue weighted by Crippen LogP contribution is -2.36. The van der Waals surface area contributed by atoms with Crippen molar-refractivity contribution < 1.29 is 24.2 Å². The maximum Gasteiger partial charge on any atom is 0.310 e. The van der Waals surface area contributed by atoms with Crippen molar-refractivity contribution in [2.24, 2.45) is 17.8 Å². The Bertz CT molecular complexity index is 522. The predicted octanol–water partition coefficient (Wildman–Crippen LogP) is 2.66. The third-order valence-corrected chi connectivity index (χ3v) is 4.24. The van der Waals surface area contributed by atoms with Crippen LogP contribution in [0.3, 0.4) is 0 Å². The summed E-state index contributed by atoms with van der Waals surface area (Å²) in [5.74, 6) is -0.968. The molecule has 2 rings (SSSR count). The Hall–Kier alpha value is -2.04. The van der Waals surface area contributed by atoms with Crippen LogP contribution in [0.5, 0.6) is 5.75 Å². The summed E-state index contributed by atoms with van der Waals surface area (Å²) in [5, 5.41) is 9.23. The quantitative estimate of drug-likeness (QED) is 0.866. The van der Waals surface area contributed by atoms with E-state index >= 15 is 0 Å². The molecule has 0 aliphatic heterocycles. The Kier molecular flexibility index (Phi) is 5.41. The number of ether oxygens (including phenoxy) is 2. The average Bonchev–Trinajstić information content (AvgIpc) is 2.53. The van der Waals surface area contributed by atoms with Gasteiger partial charge in [-0.05, 0) is 42.9 Å². The lowest BCUT2D eigenvalue weighted by Gasteiger charge is -2.31. The van der Waals surface area contributed by atoms with E-state index in [4.69, 9.17) is 9.47 Å². The number of hydrogen-bond acceptors (Lipinski definition) is 5. The Morgan fingerprint density at radius 1 is 1.14 bits per heavy atom. The van der Waals surface area contributed by atoms with E-state index < -0.39 is 11.8 Å². The molecule has 120 valence electrons. The molecule has 1 aromatic carbocycles. The first-order valence-corrected chi connectivity index (χ1v) is 7.53. The van der Waals surface area contributed by atoms with E-state index in [-0.39, 0.29) is 24.3 Å². The Morgan fingerprint density at radius 2 is 1.82 bits per heavy atom. The number of phenols is 1. The highest BCUT2D eigenvalue weighted by molar-refractivity contribution is 5.82. The molecule has 0 radical (unpaired) electrons. The second kappa shape index (κ2) is 7.29. The second-order valence-electron chi connectivity index (χ2n) is 5.93. The van der Waals surface area contributed by atoms with Gasteiger partial charge in [-0.15, -0.1) is 0 Å². The lowest BCUT2D eigenvalue weighted by molar-refractivity contribution is -0.163. The topological polar surface area (TPSA) is 72.8 Å². The molecule has 1 N–H and O–H groups in total. The molecule has 0 amide bonds. The molecular weight excluding hydrogens is 284 g/mol. The molecular formula is C17H22O5. The summed E-state index contributed by atoms with van der Waals surface area (Å²) in [6, 6.07) is 6.49. The minimum Gasteiger partial charge on any atom is -0.508 e. The van der Waals surface area contributed by atoms with E-state index in [1.807, 2.05) is 0 Å². The third-order valence-electron chi connectivity index (χ3n) is 4.24. The van der Waals surface area contributed by atoms with Gasteiger partial charge in [-0.25, -0.2) is 0 Å². The minimum absolute atomic E-state index is 0.137. The summed E-state index contributed by atoms with van der Waals surface area (Å²) >= 11 is 0. The van der Waals surface area contributed by atoms with E-state index in [1.54, 1.807) is 24.3 Å². The fourth-order valence-electron chi connectivity index (χ4n) is 2.93. The van der Waals surface area contributed by atoms with E-state index in [9.17, 15) is 14.7 Å². The number of methoxy groups -OCH3 is 1. The van der Waals surface area contributed by atoms with Crippen molar-refractivity contribution in [3.05, 3.63) is 29.8 Å². The maximum atomic E-state index is 12.3. The molecule has 1 fully saturated rings. The van der Waals surface area contributed by atoms with Gasteiger partial charge >= 0.3 is 11.9 Å². The number of carbonyl (C=O) groups is 2. The number of carbonyl (C=O) groups excluding carboxylic acids is 2. The molecule has 5 nitrogen and oxygen atoms in total. The fraction of sp³-hybridized carbons (Fsp3) is 0.529. The van der Waals surface area contributed by atoms with Crippen molar-refractivity contribution in [3.8, 4) is 5.75 Å². The van der Waals surface area contributed by atoms with Crippen LogP contribution >= 0.6 is 0 Å². The molecule has 1 aromatic rings. The normalized spacial score (nSPS) is 24.5. The third kappa shape index (κ3) is 4.00. The number of esters is 2. The van der Waals surface area contributed by atoms with Crippen LogP contribution in [-0.2, 0) is 25.7 Å². The zero-order valence-electron chi connectivity index (χ0n) is 13.0. The van der Waals surface area contributed by atoms with Gasteiger partial charge in [-0.3, -0.25) is 9.59 Å². The number of hydrogen-bond donors (Lipinski definition) is 1. The van der Waals surface area contributed by atoms with Crippen molar-refractivity contribution in [2.75, 3.05) is 7.11 Å². The summed E-state index contributed by atoms with van der Waals surface area (Å²) in [4.78, 5) is 24.2. The number of benzene rings is 1. The molecule has 1 aliphatic rings. The Labute approximate surface area is 130 Å². The molecule has 5 heteroatoms. The monoisotopic (exact) mass is 306 g/mol. The first-order valence-electron chi connectivity index (χ1n) is 7.53. The molecule has 0 bridgehead atoms. The van der Waals surface area contributed by atoms with Crippen molar-refractivity contribution in [2.45, 2.75) is 32.8 Å². The van der Waals surface area contributed by atoms with Crippen LogP contribution in [0.2, 0.25) is 0 Å². The first kappa shape index (κ1) is 16.3. The van der Waals surface area contributed by atoms with Gasteiger partial charge in [-0.1, -0.05) is 19.1 Å². The van der Waals surface area contributed by atoms with E-state index in [1.165, 1.54) is 7.11 Å². The fourth-order valence-corrected chi connectivity index (χ4v) is 2.93. The van der Waals surface area contributed by atoms with Gasteiger partial charge in [0.25, 0.3) is 0 Å². The van der Waals surface area contributed by atoms with Crippen molar-refractivity contribution in [1.82, 2.24) is 0 Å². The van der Waals surface area contributed by atoms with Gasteiger partial charge in [0.05, 0.1) is 18.9 Å². The number of rotatable bonds is 4. The van der Waals surface area contributed by atoms with Gasteiger partial charge in [0.15, 0.2) is 0 Å². The van der Waals surface area contributed by atoms with Gasteiger partial charge in [0.1, 0.15) is 12.4 Å². The van der Waals surface area contributed by atoms with E-state index in [0.29, 0.717) is 18.8 Å². The van der Waals surface area contributed by atoms with Crippen LogP contribution in [0, 0.1) is 17.8 Å². The Balaban J connectivity index is 1.98. The molecule has 0 saturated heterocycles. The molecule has 1 saturated carbocycles. The second-order valence-corrected chi connectivity index (χ2v) is 5.93. The maximum absolute atomic E-state index is 12.3. The van der Waals surface area contributed by atoms with Crippen LogP contribution in [0.25, 0.3) is 0 Å². The lowest BCUT2D eigenvalue weighted by atomic mass is 9.74. The van der Waals surface area contributed by atoms with Crippen molar-refractivity contribution in [3.63, 3.8) is 0 Å². The van der Waals surface area contributed by atoms with Gasteiger partial charge < -0.3 is 14.6 Å². The van der Waals surface area contributed by atoms with Gasteiger partial charge in [-0.2, -0.15) is 0 Å². The summed E-state index contributed by atoms with van der Waals surface area (Å²) in [6.45, 7) is 2.21. The van der Waals surface area contributed by atoms with Gasteiger partial charge in [0.2, 0.25) is 0 Å². The smallest absolute Gasteiger partial charge is 0.310 e. The molecule has 3 unspecified atom stereocenters. The van der Waals surface area contributed by atoms with Crippen LogP contribution in [0.4, 0.5) is 0 Å². The SMILES string of the molecule is COC(=O)C1CCC(C)CC1C(=O)OCc1ccc(O)cc1. The summed E-state index contributed by atoms with van der Waals surface area (Å²) in [7, 11) is 1.35. The summed E-state index contributed by atoms with van der Waals surface area (Å²) < 4.78 is 10.2. The van der Waals surface area contributed by atoms with Crippen molar-refractivity contribution >= 4 is 11.9 Å². The highest BCUT2D eigenvalue weighted by atomic mass is 16.5. The standard InChI is InChI=1S/C17H22O5/c1-11-3-8-14(16(19)21-2)15(9-11)17(20)22-10-12-4-6-13(18)7-5-12/h4-7,11,14-15,18H,3,8-10H2,1-2H3. The molecule has 3 atom stereocenters. The largest absolute Gasteiger partial charge is 0.508 e. The molecule has 0 aromatic heterocycles. The highest BCUT2D eigenvalue weighted by Crippen LogP contribution is 2.35. The molecule has 1 aliphatic carbocycles. The summed E-state index contributed by atoms with van der Waals surface area (Å²) in [6.07, 6.45) is 2.22. The van der Waals surface area contributed by atoms with Crippen LogP contribution in [-0.4, -0.2) is 24.2 Å². The zero-order chi connectivity index (χ0) is 16.1. The van der Waals surface area contributed by atoms with Crippen LogP contribution in [0.1, 0.15) is 31.7 Å². The van der Waals surface area contributed by atoms with E-state index in [0.717, 1.165) is 12.0 Å². The first-order chi connectivity index (χ1) is 10.5. The average molecular weight is 306 g/mol. The number of aromatic hydroxyl groups is 1. The van der Waals surface area contributed by atoms with Gasteiger partial charge in [0, 0.05) is 0 Å². The predicted molar refractivity (Wildman–Crippen MR) is 79.9 cm³/mol. The molecule has 0 heterocycles. The summed E-state index contributed by atoms with van der Waals surface area (Å²) in [5.41, 5.74) is 0.796. The van der Waals surface area contributed by atoms with Crippen LogP contribution < -0.4 is 0 Å². The molecule has 22 heavy (non-hydrogen) atoms. The van der Waals surface area contributed by atoms with Crippen molar-refractivity contribution in [1.29, 1.82) is 0 Å². The zero-order valence-corrected chi connectivity index (χ0v) is 13.0. The number of phenolic OH excluding ortho intramolecular Hbond substituents is 1. The molecule has 0 spiro atoms. The minimum atomic E-state index is -0.437. The Morgan fingerprint density at radius 3 is 2.45 bits per heavy atom. The highest BCUT2D eigenvalue weighted by Gasteiger charge is 2.39. The van der Waals surface area contributed by atoms with E-state index in [2.05, 4.69) is 6.92 Å². The van der Waals surface area contributed by atoms with Crippen LogP contribution in [0.15, 0.2) is 24.3 Å².